The SMILES string of the molecule is COC(=O)CCC(=O)Oc1c(CC=C(C)CCC(=O)OCCN2CCOCC2)c(OC)c(C)c2c1C(=O)OC2. The summed E-state index contributed by atoms with van der Waals surface area (Å²) in [5, 5.41) is 0. The highest BCUT2D eigenvalue weighted by atomic mass is 16.6. The van der Waals surface area contributed by atoms with Crippen LogP contribution in [0.3, 0.4) is 0 Å². The van der Waals surface area contributed by atoms with E-state index in [9.17, 15) is 19.2 Å². The van der Waals surface area contributed by atoms with Gasteiger partial charge in [-0.25, -0.2) is 4.79 Å². The molecule has 1 aromatic rings. The van der Waals surface area contributed by atoms with E-state index in [1.54, 1.807) is 0 Å². The van der Waals surface area contributed by atoms with Gasteiger partial charge in [-0.05, 0) is 32.3 Å². The summed E-state index contributed by atoms with van der Waals surface area (Å²) in [7, 11) is 2.74. The number of fused-ring (bicyclic) bond motifs is 1. The fourth-order valence-electron chi connectivity index (χ4n) is 4.46. The average molecular weight is 548 g/mol. The number of ether oxygens (including phenoxy) is 6. The second-order valence-electron chi connectivity index (χ2n) is 9.37. The third kappa shape index (κ3) is 8.27. The number of hydrogen-bond acceptors (Lipinski definition) is 11. The van der Waals surface area contributed by atoms with Crippen molar-refractivity contribution in [3.8, 4) is 11.5 Å². The Hall–Kier alpha value is -3.44. The zero-order valence-corrected chi connectivity index (χ0v) is 23.1. The molecule has 0 spiro atoms. The molecule has 0 saturated carbocycles. The molecule has 0 aromatic heterocycles. The van der Waals surface area contributed by atoms with E-state index in [2.05, 4.69) is 9.64 Å². The molecule has 11 nitrogen and oxygen atoms in total. The van der Waals surface area contributed by atoms with Crippen LogP contribution in [0, 0.1) is 6.92 Å². The lowest BCUT2D eigenvalue weighted by molar-refractivity contribution is -0.144. The van der Waals surface area contributed by atoms with Crippen molar-refractivity contribution < 1.29 is 47.6 Å². The molecular formula is C28H37NO10. The summed E-state index contributed by atoms with van der Waals surface area (Å²) in [6.45, 7) is 7.85. The zero-order valence-electron chi connectivity index (χ0n) is 23.1. The normalized spacial score (nSPS) is 15.4. The summed E-state index contributed by atoms with van der Waals surface area (Å²) < 4.78 is 31.8. The Kier molecular flexibility index (Phi) is 11.3. The van der Waals surface area contributed by atoms with Crippen molar-refractivity contribution in [2.75, 3.05) is 53.7 Å². The van der Waals surface area contributed by atoms with E-state index < -0.39 is 17.9 Å². The zero-order chi connectivity index (χ0) is 28.4. The fourth-order valence-corrected chi connectivity index (χ4v) is 4.46. The molecule has 2 heterocycles. The van der Waals surface area contributed by atoms with Gasteiger partial charge in [-0.2, -0.15) is 0 Å². The van der Waals surface area contributed by atoms with Crippen LogP contribution in [0.2, 0.25) is 0 Å². The summed E-state index contributed by atoms with van der Waals surface area (Å²) in [5.74, 6) is -1.55. The maximum atomic E-state index is 12.6. The minimum atomic E-state index is -0.685. The second kappa shape index (κ2) is 14.6. The third-order valence-electron chi connectivity index (χ3n) is 6.76. The van der Waals surface area contributed by atoms with E-state index in [-0.39, 0.29) is 49.6 Å². The van der Waals surface area contributed by atoms with Gasteiger partial charge in [0.25, 0.3) is 0 Å². The van der Waals surface area contributed by atoms with Crippen LogP contribution >= 0.6 is 0 Å². The number of cyclic esters (lactones) is 1. The van der Waals surface area contributed by atoms with E-state index in [1.807, 2.05) is 19.9 Å². The van der Waals surface area contributed by atoms with Gasteiger partial charge in [0.15, 0.2) is 5.75 Å². The van der Waals surface area contributed by atoms with Crippen LogP contribution in [0.25, 0.3) is 0 Å². The van der Waals surface area contributed by atoms with Crippen molar-refractivity contribution in [1.29, 1.82) is 0 Å². The monoisotopic (exact) mass is 547 g/mol. The van der Waals surface area contributed by atoms with Crippen molar-refractivity contribution in [2.45, 2.75) is 52.6 Å². The molecule has 0 radical (unpaired) electrons. The van der Waals surface area contributed by atoms with Crippen molar-refractivity contribution in [3.63, 3.8) is 0 Å². The minimum absolute atomic E-state index is 0.0475. The number of rotatable bonds is 13. The summed E-state index contributed by atoms with van der Waals surface area (Å²) in [5.41, 5.74) is 2.93. The predicted molar refractivity (Wildman–Crippen MR) is 139 cm³/mol. The molecule has 0 amide bonds. The van der Waals surface area contributed by atoms with Crippen molar-refractivity contribution in [1.82, 2.24) is 4.90 Å². The Morgan fingerprint density at radius 1 is 0.974 bits per heavy atom. The Labute approximate surface area is 228 Å². The molecule has 0 atom stereocenters. The number of morpholine rings is 1. The fraction of sp³-hybridized carbons (Fsp3) is 0.571. The third-order valence-corrected chi connectivity index (χ3v) is 6.76. The van der Waals surface area contributed by atoms with Crippen molar-refractivity contribution >= 4 is 23.9 Å². The van der Waals surface area contributed by atoms with E-state index in [0.717, 1.165) is 24.2 Å². The summed E-state index contributed by atoms with van der Waals surface area (Å²) >= 11 is 0. The van der Waals surface area contributed by atoms with Crippen LogP contribution in [0.15, 0.2) is 11.6 Å². The van der Waals surface area contributed by atoms with E-state index in [0.29, 0.717) is 49.7 Å². The van der Waals surface area contributed by atoms with Gasteiger partial charge in [-0.15, -0.1) is 0 Å². The molecule has 0 bridgehead atoms. The highest BCUT2D eigenvalue weighted by Gasteiger charge is 2.34. The number of carbonyl (C=O) groups is 4. The first-order chi connectivity index (χ1) is 18.7. The number of nitrogens with zero attached hydrogens (tertiary/aromatic N) is 1. The lowest BCUT2D eigenvalue weighted by atomic mass is 9.94. The van der Waals surface area contributed by atoms with Crippen molar-refractivity contribution in [3.05, 3.63) is 33.9 Å². The molecule has 2 aliphatic heterocycles. The molecule has 0 aliphatic carbocycles. The number of benzene rings is 1. The van der Waals surface area contributed by atoms with E-state index in [1.165, 1.54) is 14.2 Å². The molecule has 2 aliphatic rings. The number of allylic oxidation sites excluding steroid dienone is 2. The second-order valence-corrected chi connectivity index (χ2v) is 9.37. The predicted octanol–water partition coefficient (Wildman–Crippen LogP) is 2.68. The maximum Gasteiger partial charge on any atom is 0.342 e. The molecule has 1 saturated heterocycles. The topological polar surface area (TPSA) is 127 Å². The lowest BCUT2D eigenvalue weighted by Crippen LogP contribution is -2.38. The average Bonchev–Trinajstić information content (AvgIpc) is 3.33. The molecule has 0 unspecified atom stereocenters. The molecule has 0 N–H and O–H groups in total. The van der Waals surface area contributed by atoms with Crippen LogP contribution < -0.4 is 9.47 Å². The number of carbonyl (C=O) groups excluding carboxylic acids is 4. The van der Waals surface area contributed by atoms with Gasteiger partial charge in [-0.3, -0.25) is 19.3 Å². The van der Waals surface area contributed by atoms with Gasteiger partial charge in [0.1, 0.15) is 24.5 Å². The van der Waals surface area contributed by atoms with Gasteiger partial charge in [0.2, 0.25) is 0 Å². The van der Waals surface area contributed by atoms with E-state index in [4.69, 9.17) is 23.7 Å². The highest BCUT2D eigenvalue weighted by Crippen LogP contribution is 2.43. The largest absolute Gasteiger partial charge is 0.496 e. The van der Waals surface area contributed by atoms with Crippen LogP contribution in [0.5, 0.6) is 11.5 Å². The lowest BCUT2D eigenvalue weighted by Gasteiger charge is -2.26. The first-order valence-corrected chi connectivity index (χ1v) is 13.0. The molecule has 11 heteroatoms. The molecule has 3 rings (SSSR count). The van der Waals surface area contributed by atoms with Gasteiger partial charge in [0.05, 0.1) is 40.3 Å². The number of methoxy groups -OCH3 is 2. The quantitative estimate of drug-likeness (QED) is 0.157. The Balaban J connectivity index is 1.68. The van der Waals surface area contributed by atoms with Crippen LogP contribution in [-0.2, 0) is 46.4 Å². The standard InChI is InChI=1S/C28H37NO10/c1-18(6-8-23(31)37-16-13-29-11-14-36-15-12-29)5-7-20-26(35-4)19(2)21-17-38-28(33)25(21)27(20)39-24(32)10-9-22(30)34-3/h5H,6-17H2,1-4H3. The van der Waals surface area contributed by atoms with Crippen LogP contribution in [-0.4, -0.2) is 82.5 Å². The first-order valence-electron chi connectivity index (χ1n) is 13.0. The molecule has 1 fully saturated rings. The smallest absolute Gasteiger partial charge is 0.342 e. The minimum Gasteiger partial charge on any atom is -0.496 e. The Bertz CT molecular complexity index is 1100. The van der Waals surface area contributed by atoms with Crippen LogP contribution in [0.4, 0.5) is 0 Å². The Morgan fingerprint density at radius 3 is 2.36 bits per heavy atom. The summed E-state index contributed by atoms with van der Waals surface area (Å²) in [6.07, 6.45) is 2.53. The molecule has 214 valence electrons. The van der Waals surface area contributed by atoms with Gasteiger partial charge in [0, 0.05) is 37.2 Å². The highest BCUT2D eigenvalue weighted by molar-refractivity contribution is 5.99. The number of esters is 4. The van der Waals surface area contributed by atoms with Gasteiger partial charge >= 0.3 is 23.9 Å². The molecule has 39 heavy (non-hydrogen) atoms. The van der Waals surface area contributed by atoms with Crippen LogP contribution in [0.1, 0.15) is 59.7 Å². The molecule has 1 aromatic carbocycles. The summed E-state index contributed by atoms with van der Waals surface area (Å²) in [4.78, 5) is 51.1. The number of hydrogen-bond donors (Lipinski definition) is 0. The summed E-state index contributed by atoms with van der Waals surface area (Å²) in [6, 6.07) is 0. The van der Waals surface area contributed by atoms with Gasteiger partial charge in [-0.1, -0.05) is 11.6 Å². The first kappa shape index (κ1) is 30.1. The van der Waals surface area contributed by atoms with Crippen molar-refractivity contribution in [2.24, 2.45) is 0 Å². The maximum absolute atomic E-state index is 12.6. The van der Waals surface area contributed by atoms with Gasteiger partial charge < -0.3 is 28.4 Å². The molecular weight excluding hydrogens is 510 g/mol. The van der Waals surface area contributed by atoms with E-state index >= 15 is 0 Å². The Morgan fingerprint density at radius 2 is 1.67 bits per heavy atom.